The number of hydrogen-bond donors (Lipinski definition) is 22. The van der Waals surface area contributed by atoms with E-state index in [1.54, 1.807) is 44.2 Å². The molecule has 0 bridgehead atoms. The molecule has 0 radical (unpaired) electrons. The predicted molar refractivity (Wildman–Crippen MR) is 431 cm³/mol. The fraction of sp³-hybridized carbons (Fsp3) is 0.537. The Hall–Kier alpha value is -12.1. The Morgan fingerprint density at radius 1 is 0.446 bits per heavy atom. The van der Waals surface area contributed by atoms with E-state index >= 15 is 9.59 Å². The van der Waals surface area contributed by atoms with Crippen LogP contribution in [0.1, 0.15) is 161 Å². The molecule has 0 unspecified atom stereocenters. The van der Waals surface area contributed by atoms with E-state index in [1.807, 2.05) is 6.92 Å². The van der Waals surface area contributed by atoms with E-state index in [0.29, 0.717) is 48.9 Å². The molecule has 121 heavy (non-hydrogen) atoms. The molecule has 0 saturated carbocycles. The maximum absolute atomic E-state index is 15.1. The number of aliphatic hydroxyl groups is 3. The maximum atomic E-state index is 15.1. The smallest absolute Gasteiger partial charge is 0.303 e. The van der Waals surface area contributed by atoms with Crippen molar-refractivity contribution >= 4 is 94.6 Å². The van der Waals surface area contributed by atoms with Crippen LogP contribution < -0.4 is 86.3 Å². The molecule has 3 aromatic carbocycles. The first-order valence-electron chi connectivity index (χ1n) is 39.9. The number of H-pyrrole nitrogens is 1. The van der Waals surface area contributed by atoms with Crippen LogP contribution in [0.3, 0.4) is 0 Å². The predicted octanol–water partition coefficient (Wildman–Crippen LogP) is -3.09. The van der Waals surface area contributed by atoms with E-state index in [2.05, 4.69) is 79.1 Å². The molecular formula is C80H116F2N18O21. The fourth-order valence-corrected chi connectivity index (χ4v) is 12.5. The second-order valence-electron chi connectivity index (χ2n) is 29.9. The van der Waals surface area contributed by atoms with Crippen molar-refractivity contribution in [2.24, 2.45) is 23.1 Å². The highest BCUT2D eigenvalue weighted by atomic mass is 19.2. The molecule has 41 heteroatoms. The Morgan fingerprint density at radius 3 is 1.35 bits per heavy atom. The molecule has 0 aliphatic rings. The van der Waals surface area contributed by atoms with Crippen LogP contribution >= 0.6 is 0 Å². The minimum absolute atomic E-state index is 0.0355. The number of benzene rings is 3. The number of carboxylic acids is 1. The number of rotatable bonds is 55. The number of carboxylic acid groups (broad SMARTS) is 1. The quantitative estimate of drug-likeness (QED) is 0.0195. The van der Waals surface area contributed by atoms with Gasteiger partial charge in [-0.2, -0.15) is 0 Å². The summed E-state index contributed by atoms with van der Waals surface area (Å²) in [6.45, 7) is 9.27. The van der Waals surface area contributed by atoms with Crippen molar-refractivity contribution in [3.63, 3.8) is 0 Å². The number of carbonyl (C=O) groups excluding carboxylic acids is 15. The van der Waals surface area contributed by atoms with E-state index in [9.17, 15) is 101 Å². The summed E-state index contributed by atoms with van der Waals surface area (Å²) >= 11 is 0. The number of aromatic amines is 1. The number of nitrogens with one attached hydrogen (secondary N) is 14. The van der Waals surface area contributed by atoms with Crippen molar-refractivity contribution in [2.45, 2.75) is 255 Å². The lowest BCUT2D eigenvalue weighted by Crippen LogP contribution is -2.62. The third kappa shape index (κ3) is 36.6. The van der Waals surface area contributed by atoms with E-state index < -0.39 is 242 Å². The number of carbonyl (C=O) groups is 16. The van der Waals surface area contributed by atoms with Crippen LogP contribution in [0.25, 0.3) is 0 Å². The molecule has 0 saturated heterocycles. The monoisotopic (exact) mass is 1700 g/mol. The first kappa shape index (κ1) is 101. The summed E-state index contributed by atoms with van der Waals surface area (Å²) in [6, 6.07) is -5.87. The Morgan fingerprint density at radius 2 is 0.868 bits per heavy atom. The van der Waals surface area contributed by atoms with Gasteiger partial charge < -0.3 is 117 Å². The molecular weight excluding hydrogens is 1590 g/mol. The fourth-order valence-electron chi connectivity index (χ4n) is 12.5. The zero-order chi connectivity index (χ0) is 90.2. The Bertz CT molecular complexity index is 4130. The number of phenolic OH excluding ortho intramolecular Hbond substituents is 1. The number of aromatic nitrogens is 2. The highest BCUT2D eigenvalue weighted by Crippen LogP contribution is 2.18. The molecule has 666 valence electrons. The third-order valence-electron chi connectivity index (χ3n) is 19.1. The van der Waals surface area contributed by atoms with Crippen LogP contribution in [-0.2, 0) is 102 Å². The molecule has 0 aliphatic heterocycles. The Labute approximate surface area is 698 Å². The van der Waals surface area contributed by atoms with Gasteiger partial charge in [-0.15, -0.1) is 0 Å². The van der Waals surface area contributed by atoms with Crippen molar-refractivity contribution in [3.8, 4) is 5.75 Å². The van der Waals surface area contributed by atoms with Gasteiger partial charge in [-0.1, -0.05) is 101 Å². The van der Waals surface area contributed by atoms with Gasteiger partial charge in [0.2, 0.25) is 88.6 Å². The standard InChI is InChI=1S/C80H116F2N18O21/c1-8-9-10-11-15-21-55(70(111)88-43(4)69(110)91-56(28-30-64(84)106)71(112)94-61(37-49-24-27-52(81)53(82)34-49)77(118)100-67(45(6)103)80(121)98-63(40-101)78(119)90-54(68(85)109)20-16-17-32-83)92-73(114)59(36-48-22-25-51(105)26-23-48)95-75(116)62(38-50-39-86-41-87-50)96-72(113)57(29-31-65(107)108)93-74(115)60(35-47-18-13-12-14-19-47)97-79(120)66(44(5)102)99-76(117)58(33-42(2)3)89-46(7)104/h12-14,18-19,22-27,34,39,41-45,54-63,66-67,101-103,105H,8-11,15-17,20-21,28-33,35-38,40,83H2,1-7H3,(H2,84,106)(H2,85,109)(H,86,87)(H,88,111)(H,89,104)(H,90,119)(H,91,110)(H,92,114)(H,93,115)(H,94,112)(H,95,116)(H,96,113)(H,97,120)(H,98,121)(H,99,117)(H,100,118)(H,107,108)/t43-,44+,45+,54-,55-,56-,57-,58-,59-,60-,61-,62-,63-,66-,67-/m0/s1. The van der Waals surface area contributed by atoms with Gasteiger partial charge in [0.15, 0.2) is 11.6 Å². The number of hydrogen-bond acceptors (Lipinski definition) is 22. The lowest BCUT2D eigenvalue weighted by Gasteiger charge is -2.29. The number of primary amides is 2. The number of aliphatic carboxylic acids is 1. The molecule has 15 amide bonds. The molecule has 25 N–H and O–H groups in total. The summed E-state index contributed by atoms with van der Waals surface area (Å²) in [4.78, 5) is 228. The lowest BCUT2D eigenvalue weighted by atomic mass is 10.0. The zero-order valence-electron chi connectivity index (χ0n) is 68.7. The normalized spacial score (nSPS) is 14.9. The molecule has 0 aliphatic carbocycles. The Balaban J connectivity index is 1.69. The van der Waals surface area contributed by atoms with Gasteiger partial charge in [0.05, 0.1) is 30.8 Å². The molecule has 15 atom stereocenters. The lowest BCUT2D eigenvalue weighted by molar-refractivity contribution is -0.139. The minimum atomic E-state index is -2.01. The summed E-state index contributed by atoms with van der Waals surface area (Å²) < 4.78 is 29.0. The second-order valence-corrected chi connectivity index (χ2v) is 29.9. The molecule has 4 rings (SSSR count). The van der Waals surface area contributed by atoms with Crippen molar-refractivity contribution in [3.05, 3.63) is 119 Å². The minimum Gasteiger partial charge on any atom is -0.508 e. The summed E-state index contributed by atoms with van der Waals surface area (Å²) in [7, 11) is 0. The number of aliphatic hydroxyl groups excluding tert-OH is 3. The maximum Gasteiger partial charge on any atom is 0.303 e. The van der Waals surface area contributed by atoms with Crippen molar-refractivity contribution in [2.75, 3.05) is 13.2 Å². The number of imidazole rings is 1. The van der Waals surface area contributed by atoms with Crippen molar-refractivity contribution < 1.29 is 111 Å². The second kappa shape index (κ2) is 52.1. The third-order valence-corrected chi connectivity index (χ3v) is 19.1. The van der Waals surface area contributed by atoms with Crippen LogP contribution in [0.15, 0.2) is 85.3 Å². The van der Waals surface area contributed by atoms with Gasteiger partial charge in [-0.25, -0.2) is 13.8 Å². The topological polar surface area (TPSA) is 637 Å². The molecule has 1 aromatic heterocycles. The SMILES string of the molecule is CCCCCCC[C@H](NC(=O)[C@H](Cc1ccc(O)cc1)NC(=O)[C@H](Cc1c[nH]cn1)NC(=O)[C@H](CCC(=O)O)NC(=O)[C@H](Cc1ccccc1)NC(=O)[C@@H](NC(=O)[C@H](CC(C)C)NC(C)=O)[C@@H](C)O)C(=O)N[C@@H](C)C(=O)N[C@@H](CCC(N)=O)C(=O)N[C@@H](Cc1ccc(F)c(F)c1)C(=O)N[C@H](C(=O)N[C@@H](CO)C(=O)N[C@@H](CCCCN)C(N)=O)[C@@H](C)O. The van der Waals surface area contributed by atoms with Gasteiger partial charge in [-0.05, 0) is 119 Å². The largest absolute Gasteiger partial charge is 0.508 e. The highest BCUT2D eigenvalue weighted by molar-refractivity contribution is 6.00. The number of aromatic hydroxyl groups is 1. The molecule has 1 heterocycles. The average molecular weight is 1700 g/mol. The van der Waals surface area contributed by atoms with E-state index in [0.717, 1.165) is 25.8 Å². The van der Waals surface area contributed by atoms with Crippen LogP contribution in [0.4, 0.5) is 8.78 Å². The molecule has 4 aromatic rings. The first-order valence-corrected chi connectivity index (χ1v) is 39.9. The van der Waals surface area contributed by atoms with Crippen molar-refractivity contribution in [1.29, 1.82) is 0 Å². The average Bonchev–Trinajstić information content (AvgIpc) is 1.53. The number of nitrogens with zero attached hydrogens (tertiary/aromatic N) is 1. The van der Waals surface area contributed by atoms with Gasteiger partial charge in [0.25, 0.3) is 0 Å². The first-order chi connectivity index (χ1) is 57.2. The number of amides is 15. The number of unbranched alkanes of at least 4 members (excludes halogenated alkanes) is 5. The van der Waals surface area contributed by atoms with Gasteiger partial charge in [-0.3, -0.25) is 76.7 Å². The van der Waals surface area contributed by atoms with Crippen molar-refractivity contribution in [1.82, 2.24) is 79.1 Å². The summed E-state index contributed by atoms with van der Waals surface area (Å²) in [5.41, 5.74) is 17.3. The van der Waals surface area contributed by atoms with Crippen LogP contribution in [0, 0.1) is 17.6 Å². The van der Waals surface area contributed by atoms with Crippen LogP contribution in [0.2, 0.25) is 0 Å². The van der Waals surface area contributed by atoms with Gasteiger partial charge in [0, 0.05) is 51.6 Å². The molecule has 39 nitrogen and oxygen atoms in total. The van der Waals surface area contributed by atoms with Gasteiger partial charge >= 0.3 is 5.97 Å². The highest BCUT2D eigenvalue weighted by Gasteiger charge is 2.39. The summed E-state index contributed by atoms with van der Waals surface area (Å²) in [6.07, 6.45) is -1.34. The molecule has 0 spiro atoms. The zero-order valence-corrected chi connectivity index (χ0v) is 68.7. The van der Waals surface area contributed by atoms with Crippen LogP contribution in [-0.4, -0.2) is 234 Å². The van der Waals surface area contributed by atoms with E-state index in [4.69, 9.17) is 17.2 Å². The summed E-state index contributed by atoms with van der Waals surface area (Å²) in [5.74, 6) is -20.4. The molecule has 0 fully saturated rings. The number of nitrogens with two attached hydrogens (primary N) is 3. The van der Waals surface area contributed by atoms with E-state index in [1.165, 1.54) is 57.6 Å². The van der Waals surface area contributed by atoms with E-state index in [-0.39, 0.29) is 68.0 Å². The van der Waals surface area contributed by atoms with Crippen LogP contribution in [0.5, 0.6) is 5.75 Å². The van der Waals surface area contributed by atoms with Gasteiger partial charge in [0.1, 0.15) is 84.3 Å². The number of halogens is 2. The number of phenols is 1. The Kier molecular flexibility index (Phi) is 43.6. The summed E-state index contributed by atoms with van der Waals surface area (Å²) in [5, 5.41) is 83.8.